The molecule has 1 saturated carbocycles. The molecule has 0 radical (unpaired) electrons. The predicted octanol–water partition coefficient (Wildman–Crippen LogP) is 1.19. The molecular weight excluding hydrogens is 244 g/mol. The molecule has 0 N–H and O–H groups in total. The van der Waals surface area contributed by atoms with Crippen molar-refractivity contribution in [2.24, 2.45) is 0 Å². The Labute approximate surface area is 111 Å². The van der Waals surface area contributed by atoms with E-state index >= 15 is 0 Å². The molecule has 1 heterocycles. The molecule has 2 rings (SSSR count). The highest BCUT2D eigenvalue weighted by molar-refractivity contribution is 5.14. The highest BCUT2D eigenvalue weighted by Crippen LogP contribution is 2.25. The smallest absolute Gasteiger partial charge is 0.266 e. The SMILES string of the molecule is CCCn1c(=O)c(C#N)nn(C2CCCCC2)c1=O. The normalized spacial score (nSPS) is 16.2. The molecule has 0 unspecified atom stereocenters. The van der Waals surface area contributed by atoms with Gasteiger partial charge in [-0.1, -0.05) is 26.2 Å². The van der Waals surface area contributed by atoms with Gasteiger partial charge in [-0.15, -0.1) is 0 Å². The van der Waals surface area contributed by atoms with Gasteiger partial charge in [0, 0.05) is 6.54 Å². The van der Waals surface area contributed by atoms with Crippen molar-refractivity contribution in [3.63, 3.8) is 0 Å². The van der Waals surface area contributed by atoms with Crippen LogP contribution in [0.25, 0.3) is 0 Å². The molecule has 102 valence electrons. The molecule has 0 aliphatic heterocycles. The summed E-state index contributed by atoms with van der Waals surface area (Å²) in [5.41, 5.74) is -1.13. The number of hydrogen-bond acceptors (Lipinski definition) is 4. The van der Waals surface area contributed by atoms with Crippen molar-refractivity contribution in [3.05, 3.63) is 26.5 Å². The molecule has 0 amide bonds. The molecule has 0 spiro atoms. The number of rotatable bonds is 3. The number of nitrogens with zero attached hydrogens (tertiary/aromatic N) is 4. The van der Waals surface area contributed by atoms with Crippen molar-refractivity contribution < 1.29 is 0 Å². The highest BCUT2D eigenvalue weighted by Gasteiger charge is 2.21. The van der Waals surface area contributed by atoms with Gasteiger partial charge in [0.05, 0.1) is 6.04 Å². The van der Waals surface area contributed by atoms with E-state index in [9.17, 15) is 9.59 Å². The fraction of sp³-hybridized carbons (Fsp3) is 0.692. The van der Waals surface area contributed by atoms with Crippen LogP contribution in [0.3, 0.4) is 0 Å². The zero-order chi connectivity index (χ0) is 13.8. The lowest BCUT2D eigenvalue weighted by molar-refractivity contribution is 0.302. The molecule has 1 fully saturated rings. The summed E-state index contributed by atoms with van der Waals surface area (Å²) in [7, 11) is 0. The maximum atomic E-state index is 12.3. The average Bonchev–Trinajstić information content (AvgIpc) is 2.45. The number of aromatic nitrogens is 3. The zero-order valence-corrected chi connectivity index (χ0v) is 11.1. The lowest BCUT2D eigenvalue weighted by atomic mass is 9.96. The first-order chi connectivity index (χ1) is 9.19. The van der Waals surface area contributed by atoms with Crippen molar-refractivity contribution in [2.75, 3.05) is 0 Å². The zero-order valence-electron chi connectivity index (χ0n) is 11.1. The molecule has 1 aliphatic rings. The summed E-state index contributed by atoms with van der Waals surface area (Å²) in [6.45, 7) is 2.23. The molecule has 0 saturated heterocycles. The summed E-state index contributed by atoms with van der Waals surface area (Å²) in [6.07, 6.45) is 5.75. The summed E-state index contributed by atoms with van der Waals surface area (Å²) < 4.78 is 2.49. The first-order valence-corrected chi connectivity index (χ1v) is 6.82. The molecule has 0 aromatic carbocycles. The van der Waals surface area contributed by atoms with Crippen molar-refractivity contribution >= 4 is 0 Å². The van der Waals surface area contributed by atoms with E-state index in [2.05, 4.69) is 5.10 Å². The summed E-state index contributed by atoms with van der Waals surface area (Å²) in [6, 6.07) is 1.82. The second kappa shape index (κ2) is 5.83. The predicted molar refractivity (Wildman–Crippen MR) is 69.9 cm³/mol. The first kappa shape index (κ1) is 13.5. The van der Waals surface area contributed by atoms with Gasteiger partial charge in [0.25, 0.3) is 5.56 Å². The monoisotopic (exact) mass is 262 g/mol. The molecule has 6 nitrogen and oxygen atoms in total. The van der Waals surface area contributed by atoms with Gasteiger partial charge in [0.15, 0.2) is 0 Å². The molecule has 6 heteroatoms. The van der Waals surface area contributed by atoms with E-state index in [1.165, 1.54) is 11.1 Å². The van der Waals surface area contributed by atoms with E-state index in [-0.39, 0.29) is 17.4 Å². The van der Waals surface area contributed by atoms with Crippen LogP contribution in [0.5, 0.6) is 0 Å². The van der Waals surface area contributed by atoms with Gasteiger partial charge in [-0.05, 0) is 19.3 Å². The minimum atomic E-state index is -0.568. The van der Waals surface area contributed by atoms with Gasteiger partial charge < -0.3 is 0 Å². The Morgan fingerprint density at radius 2 is 2.00 bits per heavy atom. The largest absolute Gasteiger partial charge is 0.347 e. The summed E-state index contributed by atoms with van der Waals surface area (Å²) in [5, 5.41) is 13.0. The van der Waals surface area contributed by atoms with Gasteiger partial charge in [-0.2, -0.15) is 10.4 Å². The van der Waals surface area contributed by atoms with Gasteiger partial charge in [-0.3, -0.25) is 9.36 Å². The summed E-state index contributed by atoms with van der Waals surface area (Å²) in [5.74, 6) is 0. The molecular formula is C13H18N4O2. The average molecular weight is 262 g/mol. The Morgan fingerprint density at radius 3 is 2.58 bits per heavy atom. The Morgan fingerprint density at radius 1 is 1.32 bits per heavy atom. The highest BCUT2D eigenvalue weighted by atomic mass is 16.2. The van der Waals surface area contributed by atoms with Gasteiger partial charge in [0.2, 0.25) is 5.69 Å². The maximum Gasteiger partial charge on any atom is 0.347 e. The Hall–Kier alpha value is -1.90. The van der Waals surface area contributed by atoms with Crippen LogP contribution in [0.1, 0.15) is 57.2 Å². The third-order valence-electron chi connectivity index (χ3n) is 3.56. The molecule has 0 atom stereocenters. The fourth-order valence-corrected chi connectivity index (χ4v) is 2.59. The molecule has 0 bridgehead atoms. The summed E-state index contributed by atoms with van der Waals surface area (Å²) >= 11 is 0. The van der Waals surface area contributed by atoms with Crippen LogP contribution in [0.4, 0.5) is 0 Å². The second-order valence-electron chi connectivity index (χ2n) is 4.94. The van der Waals surface area contributed by atoms with E-state index in [0.29, 0.717) is 13.0 Å². The second-order valence-corrected chi connectivity index (χ2v) is 4.94. The van der Waals surface area contributed by atoms with E-state index in [1.54, 1.807) is 6.07 Å². The topological polar surface area (TPSA) is 80.7 Å². The van der Waals surface area contributed by atoms with Crippen LogP contribution in [-0.2, 0) is 6.54 Å². The van der Waals surface area contributed by atoms with Crippen LogP contribution in [0.15, 0.2) is 9.59 Å². The third kappa shape index (κ3) is 2.60. The lowest BCUT2D eigenvalue weighted by Gasteiger charge is -2.23. The third-order valence-corrected chi connectivity index (χ3v) is 3.56. The molecule has 1 aromatic heterocycles. The standard InChI is InChI=1S/C13H18N4O2/c1-2-8-16-12(18)11(9-14)15-17(13(16)19)10-6-4-3-5-7-10/h10H,2-8H2,1H3. The molecule has 19 heavy (non-hydrogen) atoms. The van der Waals surface area contributed by atoms with Crippen LogP contribution < -0.4 is 11.2 Å². The minimum Gasteiger partial charge on any atom is -0.266 e. The minimum absolute atomic E-state index is 0.0251. The Bertz CT molecular complexity index is 603. The van der Waals surface area contributed by atoms with Crippen LogP contribution in [0.2, 0.25) is 0 Å². The van der Waals surface area contributed by atoms with E-state index in [0.717, 1.165) is 30.3 Å². The fourth-order valence-electron chi connectivity index (χ4n) is 2.59. The molecule has 1 aromatic rings. The van der Waals surface area contributed by atoms with Gasteiger partial charge in [0.1, 0.15) is 6.07 Å². The van der Waals surface area contributed by atoms with Crippen molar-refractivity contribution in [3.8, 4) is 6.07 Å². The number of hydrogen-bond donors (Lipinski definition) is 0. The number of nitriles is 1. The lowest BCUT2D eigenvalue weighted by Crippen LogP contribution is -2.44. The van der Waals surface area contributed by atoms with Crippen LogP contribution in [-0.4, -0.2) is 14.3 Å². The Balaban J connectivity index is 2.55. The Kier molecular flexibility index (Phi) is 4.15. The summed E-state index contributed by atoms with van der Waals surface area (Å²) in [4.78, 5) is 24.2. The van der Waals surface area contributed by atoms with E-state index < -0.39 is 5.56 Å². The van der Waals surface area contributed by atoms with Crippen LogP contribution in [0, 0.1) is 11.3 Å². The van der Waals surface area contributed by atoms with Gasteiger partial charge >= 0.3 is 5.69 Å². The van der Waals surface area contributed by atoms with Crippen molar-refractivity contribution in [1.82, 2.24) is 14.3 Å². The van der Waals surface area contributed by atoms with E-state index in [4.69, 9.17) is 5.26 Å². The van der Waals surface area contributed by atoms with Crippen molar-refractivity contribution in [2.45, 2.75) is 58.0 Å². The van der Waals surface area contributed by atoms with E-state index in [1.807, 2.05) is 6.92 Å². The first-order valence-electron chi connectivity index (χ1n) is 6.82. The van der Waals surface area contributed by atoms with Crippen LogP contribution >= 0.6 is 0 Å². The quantitative estimate of drug-likeness (QED) is 0.819. The van der Waals surface area contributed by atoms with Crippen molar-refractivity contribution in [1.29, 1.82) is 5.26 Å². The maximum absolute atomic E-state index is 12.3. The molecule has 1 aliphatic carbocycles. The van der Waals surface area contributed by atoms with Gasteiger partial charge in [-0.25, -0.2) is 9.48 Å².